The minimum absolute atomic E-state index is 0.0859. The van der Waals surface area contributed by atoms with E-state index in [0.717, 1.165) is 11.3 Å². The Balaban J connectivity index is 2.27. The zero-order chi connectivity index (χ0) is 15.1. The number of aryl methyl sites for hydroxylation is 1. The minimum Gasteiger partial charge on any atom is -0.476 e. The third kappa shape index (κ3) is 2.87. The Morgan fingerprint density at radius 2 is 2.05 bits per heavy atom. The molecular weight excluding hydrogens is 284 g/mol. The van der Waals surface area contributed by atoms with E-state index in [4.69, 9.17) is 9.84 Å². The number of nitrogens with one attached hydrogen (secondary N) is 1. The number of nitrogens with zero attached hydrogens (tertiary/aromatic N) is 3. The van der Waals surface area contributed by atoms with Crippen molar-refractivity contribution in [2.75, 3.05) is 5.32 Å². The van der Waals surface area contributed by atoms with Crippen LogP contribution in [0.3, 0.4) is 0 Å². The number of hydrogen-bond acceptors (Lipinski definition) is 6. The number of rotatable bonds is 2. The summed E-state index contributed by atoms with van der Waals surface area (Å²) < 4.78 is 6.87. The predicted octanol–water partition coefficient (Wildman–Crippen LogP) is 2.08. The highest BCUT2D eigenvalue weighted by Crippen LogP contribution is 2.28. The molecule has 0 bridgehead atoms. The van der Waals surface area contributed by atoms with Crippen LogP contribution < -0.4 is 5.32 Å². The van der Waals surface area contributed by atoms with Crippen LogP contribution in [-0.4, -0.2) is 37.5 Å². The summed E-state index contributed by atoms with van der Waals surface area (Å²) in [6.45, 7) is 5.24. The molecule has 108 valence electrons. The van der Waals surface area contributed by atoms with Crippen LogP contribution >= 0.6 is 11.3 Å². The first kappa shape index (κ1) is 14.3. The molecule has 2 rings (SSSR count). The molecule has 0 aliphatic rings. The van der Waals surface area contributed by atoms with E-state index in [2.05, 4.69) is 15.4 Å². The van der Waals surface area contributed by atoms with Crippen LogP contribution in [0, 0.1) is 0 Å². The summed E-state index contributed by atoms with van der Waals surface area (Å²) >= 11 is 1.04. The van der Waals surface area contributed by atoms with Crippen molar-refractivity contribution in [3.05, 3.63) is 5.69 Å². The lowest BCUT2D eigenvalue weighted by atomic mass is 10.2. The second kappa shape index (κ2) is 4.75. The van der Waals surface area contributed by atoms with E-state index >= 15 is 0 Å². The van der Waals surface area contributed by atoms with Crippen LogP contribution in [-0.2, 0) is 11.8 Å². The molecule has 2 N–H and O–H groups in total. The maximum Gasteiger partial charge on any atom is 0.413 e. The number of fused-ring (bicyclic) bond motifs is 1. The van der Waals surface area contributed by atoms with Crippen molar-refractivity contribution < 1.29 is 19.4 Å². The Morgan fingerprint density at radius 3 is 2.60 bits per heavy atom. The molecule has 0 aliphatic carbocycles. The fraction of sp³-hybridized carbons (Fsp3) is 0.455. The van der Waals surface area contributed by atoms with E-state index in [1.54, 1.807) is 27.8 Å². The molecular formula is C11H14N4O4S. The van der Waals surface area contributed by atoms with Crippen LogP contribution in [0.1, 0.15) is 31.3 Å². The molecule has 0 aromatic carbocycles. The summed E-state index contributed by atoms with van der Waals surface area (Å²) in [5, 5.41) is 15.6. The van der Waals surface area contributed by atoms with Crippen molar-refractivity contribution in [1.82, 2.24) is 14.8 Å². The van der Waals surface area contributed by atoms with E-state index in [-0.39, 0.29) is 10.8 Å². The van der Waals surface area contributed by atoms with Crippen LogP contribution in [0.2, 0.25) is 0 Å². The number of carboxylic acid groups (broad SMARTS) is 1. The summed E-state index contributed by atoms with van der Waals surface area (Å²) in [5.41, 5.74) is -0.301. The molecule has 20 heavy (non-hydrogen) atoms. The standard InChI is InChI=1S/C11H14N4O4S/c1-11(2,3)19-10(18)13-9-12-7-6(20-9)5(8(16)17)14-15(7)4/h1-4H3,(H,16,17)(H,12,13,18). The molecule has 1 amide bonds. The van der Waals surface area contributed by atoms with Gasteiger partial charge in [0.05, 0.1) is 0 Å². The Morgan fingerprint density at radius 1 is 1.40 bits per heavy atom. The topological polar surface area (TPSA) is 106 Å². The van der Waals surface area contributed by atoms with Gasteiger partial charge in [-0.1, -0.05) is 11.3 Å². The van der Waals surface area contributed by atoms with Gasteiger partial charge in [0.1, 0.15) is 10.3 Å². The van der Waals surface area contributed by atoms with Gasteiger partial charge in [-0.2, -0.15) is 10.1 Å². The largest absolute Gasteiger partial charge is 0.476 e. The number of carbonyl (C=O) groups excluding carboxylic acids is 1. The highest BCUT2D eigenvalue weighted by Gasteiger charge is 2.22. The van der Waals surface area contributed by atoms with Crippen molar-refractivity contribution in [2.24, 2.45) is 7.05 Å². The van der Waals surface area contributed by atoms with E-state index in [1.165, 1.54) is 4.68 Å². The van der Waals surface area contributed by atoms with Crippen molar-refractivity contribution >= 4 is 38.9 Å². The van der Waals surface area contributed by atoms with Gasteiger partial charge >= 0.3 is 12.1 Å². The number of aromatic carboxylic acids is 1. The van der Waals surface area contributed by atoms with Crippen LogP contribution in [0.4, 0.5) is 9.93 Å². The number of carboxylic acids is 1. The van der Waals surface area contributed by atoms with Crippen molar-refractivity contribution in [1.29, 1.82) is 0 Å². The molecule has 0 radical (unpaired) electrons. The monoisotopic (exact) mass is 298 g/mol. The number of aromatic nitrogens is 3. The normalized spacial score (nSPS) is 11.6. The molecule has 2 aromatic heterocycles. The second-order valence-corrected chi connectivity index (χ2v) is 6.08. The van der Waals surface area contributed by atoms with Crippen molar-refractivity contribution in [2.45, 2.75) is 26.4 Å². The maximum atomic E-state index is 11.6. The summed E-state index contributed by atoms with van der Waals surface area (Å²) in [6, 6.07) is 0. The Kier molecular flexibility index (Phi) is 3.38. The molecule has 0 saturated carbocycles. The van der Waals surface area contributed by atoms with Crippen LogP contribution in [0.5, 0.6) is 0 Å². The summed E-state index contributed by atoms with van der Waals surface area (Å²) in [7, 11) is 1.59. The molecule has 0 aliphatic heterocycles. The third-order valence-electron chi connectivity index (χ3n) is 2.19. The quantitative estimate of drug-likeness (QED) is 0.879. The van der Waals surface area contributed by atoms with Gasteiger partial charge in [0.2, 0.25) is 0 Å². The average Bonchev–Trinajstić information content (AvgIpc) is 2.76. The first-order valence-corrected chi connectivity index (χ1v) is 6.56. The lowest BCUT2D eigenvalue weighted by molar-refractivity contribution is 0.0634. The number of ether oxygens (including phenoxy) is 1. The van der Waals surface area contributed by atoms with Crippen molar-refractivity contribution in [3.63, 3.8) is 0 Å². The van der Waals surface area contributed by atoms with Crippen molar-refractivity contribution in [3.8, 4) is 0 Å². The lowest BCUT2D eigenvalue weighted by Gasteiger charge is -2.18. The van der Waals surface area contributed by atoms with Crippen LogP contribution in [0.25, 0.3) is 10.3 Å². The number of hydrogen-bond donors (Lipinski definition) is 2. The summed E-state index contributed by atoms with van der Waals surface area (Å²) in [6.07, 6.45) is -0.638. The highest BCUT2D eigenvalue weighted by molar-refractivity contribution is 7.22. The van der Waals surface area contributed by atoms with Crippen LogP contribution in [0.15, 0.2) is 0 Å². The molecule has 8 nitrogen and oxygen atoms in total. The fourth-order valence-electron chi connectivity index (χ4n) is 1.51. The first-order valence-electron chi connectivity index (χ1n) is 5.74. The molecule has 0 atom stereocenters. The minimum atomic E-state index is -1.14. The molecule has 2 heterocycles. The summed E-state index contributed by atoms with van der Waals surface area (Å²) in [5.74, 6) is -1.14. The van der Waals surface area contributed by atoms with E-state index in [0.29, 0.717) is 10.3 Å². The van der Waals surface area contributed by atoms with Gasteiger partial charge in [-0.15, -0.1) is 0 Å². The van der Waals surface area contributed by atoms with Gasteiger partial charge in [0.15, 0.2) is 16.5 Å². The predicted molar refractivity (Wildman–Crippen MR) is 73.2 cm³/mol. The number of carbonyl (C=O) groups is 2. The Labute approximate surface area is 118 Å². The third-order valence-corrected chi connectivity index (χ3v) is 3.16. The molecule has 0 spiro atoms. The maximum absolute atomic E-state index is 11.6. The smallest absolute Gasteiger partial charge is 0.413 e. The van der Waals surface area contributed by atoms with Gasteiger partial charge in [-0.3, -0.25) is 5.32 Å². The van der Waals surface area contributed by atoms with E-state index in [1.807, 2.05) is 0 Å². The zero-order valence-corrected chi connectivity index (χ0v) is 12.2. The average molecular weight is 298 g/mol. The molecule has 9 heteroatoms. The van der Waals surface area contributed by atoms with E-state index in [9.17, 15) is 9.59 Å². The summed E-state index contributed by atoms with van der Waals surface area (Å²) in [4.78, 5) is 26.8. The highest BCUT2D eigenvalue weighted by atomic mass is 32.1. The number of thiazole rings is 1. The van der Waals surface area contributed by atoms with E-state index < -0.39 is 17.7 Å². The molecule has 2 aromatic rings. The first-order chi connectivity index (χ1) is 9.17. The SMILES string of the molecule is Cn1nc(C(=O)O)c2sc(NC(=O)OC(C)(C)C)nc21. The molecule has 0 fully saturated rings. The molecule has 0 saturated heterocycles. The van der Waals surface area contributed by atoms with Gasteiger partial charge in [0, 0.05) is 7.05 Å². The second-order valence-electron chi connectivity index (χ2n) is 5.08. The number of amides is 1. The van der Waals surface area contributed by atoms with Gasteiger partial charge in [-0.25, -0.2) is 14.3 Å². The van der Waals surface area contributed by atoms with Gasteiger partial charge in [-0.05, 0) is 20.8 Å². The Bertz CT molecular complexity index is 682. The molecule has 0 unspecified atom stereocenters. The fourth-order valence-corrected chi connectivity index (χ4v) is 2.47. The van der Waals surface area contributed by atoms with Gasteiger partial charge in [0.25, 0.3) is 0 Å². The zero-order valence-electron chi connectivity index (χ0n) is 11.4. The lowest BCUT2D eigenvalue weighted by Crippen LogP contribution is -2.27. The number of anilines is 1. The van der Waals surface area contributed by atoms with Gasteiger partial charge < -0.3 is 9.84 Å². The Hall–Kier alpha value is -2.16.